The Hall–Kier alpha value is -2.80. The fraction of sp³-hybridized carbons (Fsp3) is 0.869. The van der Waals surface area contributed by atoms with Crippen LogP contribution in [-0.4, -0.2) is 89.2 Å². The van der Waals surface area contributed by atoms with Gasteiger partial charge in [0, 0.05) is 19.3 Å². The number of carbonyl (C=O) groups is 4. The zero-order valence-electron chi connectivity index (χ0n) is 46.9. The summed E-state index contributed by atoms with van der Waals surface area (Å²) in [5, 5.41) is 31.5. The van der Waals surface area contributed by atoms with Gasteiger partial charge in [-0.3, -0.25) is 14.4 Å². The van der Waals surface area contributed by atoms with Crippen LogP contribution >= 0.6 is 0 Å². The fourth-order valence-corrected chi connectivity index (χ4v) is 9.30. The Kier molecular flexibility index (Phi) is 46.8. The number of hydrogen-bond donors (Lipinski definition) is 3. The highest BCUT2D eigenvalue weighted by Gasteiger charge is 2.50. The monoisotopic (exact) mass is 1030 g/mol. The van der Waals surface area contributed by atoms with Crippen LogP contribution in [0.15, 0.2) is 24.3 Å². The Bertz CT molecular complexity index is 1370. The van der Waals surface area contributed by atoms with Gasteiger partial charge in [0.1, 0.15) is 18.8 Å². The Morgan fingerprint density at radius 2 is 0.781 bits per heavy atom. The van der Waals surface area contributed by atoms with Gasteiger partial charge >= 0.3 is 23.9 Å². The van der Waals surface area contributed by atoms with Gasteiger partial charge in [0.25, 0.3) is 0 Å². The molecule has 0 aromatic rings. The van der Waals surface area contributed by atoms with Crippen molar-refractivity contribution in [3.63, 3.8) is 0 Å². The van der Waals surface area contributed by atoms with Gasteiger partial charge in [-0.1, -0.05) is 225 Å². The summed E-state index contributed by atoms with van der Waals surface area (Å²) in [6, 6.07) is 0. The number of aliphatic hydroxyl groups excluding tert-OH is 2. The van der Waals surface area contributed by atoms with E-state index in [0.29, 0.717) is 19.3 Å². The van der Waals surface area contributed by atoms with Crippen molar-refractivity contribution < 1.29 is 58.2 Å². The van der Waals surface area contributed by atoms with E-state index in [0.717, 1.165) is 83.5 Å². The topological polar surface area (TPSA) is 175 Å². The molecule has 1 aliphatic heterocycles. The minimum atomic E-state index is -1.90. The van der Waals surface area contributed by atoms with Crippen molar-refractivity contribution in [2.24, 2.45) is 0 Å². The van der Waals surface area contributed by atoms with E-state index < -0.39 is 67.3 Å². The second-order valence-corrected chi connectivity index (χ2v) is 21.0. The molecule has 0 amide bonds. The number of ether oxygens (including phenoxy) is 5. The predicted octanol–water partition coefficient (Wildman–Crippen LogP) is 15.5. The van der Waals surface area contributed by atoms with Gasteiger partial charge in [-0.05, 0) is 70.6 Å². The summed E-state index contributed by atoms with van der Waals surface area (Å²) in [6.07, 6.45) is 44.3. The zero-order chi connectivity index (χ0) is 53.3. The number of rotatable bonds is 52. The van der Waals surface area contributed by atoms with Gasteiger partial charge in [-0.15, -0.1) is 0 Å². The average molecular weight is 1040 g/mol. The maximum absolute atomic E-state index is 13.1. The van der Waals surface area contributed by atoms with Crippen LogP contribution in [0.4, 0.5) is 0 Å². The molecule has 0 saturated carbocycles. The number of esters is 3. The van der Waals surface area contributed by atoms with Crippen LogP contribution in [0.1, 0.15) is 290 Å². The van der Waals surface area contributed by atoms with Gasteiger partial charge < -0.3 is 39.0 Å². The molecule has 1 aliphatic rings. The third kappa shape index (κ3) is 40.2. The van der Waals surface area contributed by atoms with E-state index in [-0.39, 0.29) is 25.9 Å². The van der Waals surface area contributed by atoms with Crippen molar-refractivity contribution in [3.8, 4) is 0 Å². The lowest BCUT2D eigenvalue weighted by atomic mass is 9.98. The van der Waals surface area contributed by atoms with Crippen molar-refractivity contribution in [2.45, 2.75) is 327 Å². The molecule has 6 atom stereocenters. The molecule has 0 radical (unpaired) electrons. The first-order valence-corrected chi connectivity index (χ1v) is 30.3. The number of unbranched alkanes of at least 4 members (excludes halogenated alkanes) is 34. The minimum absolute atomic E-state index is 0.0543. The fourth-order valence-electron chi connectivity index (χ4n) is 9.30. The summed E-state index contributed by atoms with van der Waals surface area (Å²) in [4.78, 5) is 51.1. The highest BCUT2D eigenvalue weighted by atomic mass is 16.7. The molecule has 0 aromatic carbocycles. The first-order chi connectivity index (χ1) is 35.6. The molecule has 12 heteroatoms. The van der Waals surface area contributed by atoms with Crippen molar-refractivity contribution >= 4 is 23.9 Å². The van der Waals surface area contributed by atoms with E-state index in [1.807, 2.05) is 0 Å². The van der Waals surface area contributed by atoms with Crippen LogP contribution in [0.25, 0.3) is 0 Å². The lowest BCUT2D eigenvalue weighted by Gasteiger charge is -2.40. The van der Waals surface area contributed by atoms with E-state index in [1.165, 1.54) is 148 Å². The second kappa shape index (κ2) is 50.0. The molecular formula is C61H110O12. The molecular weight excluding hydrogens is 925 g/mol. The molecule has 0 aliphatic carbocycles. The number of allylic oxidation sites excluding steroid dienone is 4. The molecule has 1 fully saturated rings. The van der Waals surface area contributed by atoms with Gasteiger partial charge in [0.15, 0.2) is 24.6 Å². The summed E-state index contributed by atoms with van der Waals surface area (Å²) >= 11 is 0. The maximum Gasteiger partial charge on any atom is 0.335 e. The molecule has 0 bridgehead atoms. The highest BCUT2D eigenvalue weighted by molar-refractivity contribution is 5.74. The molecule has 426 valence electrons. The number of carbonyl (C=O) groups excluding carboxylic acids is 3. The molecule has 73 heavy (non-hydrogen) atoms. The van der Waals surface area contributed by atoms with Gasteiger partial charge in [-0.2, -0.15) is 0 Å². The maximum atomic E-state index is 13.1. The average Bonchev–Trinajstić information content (AvgIpc) is 3.37. The minimum Gasteiger partial charge on any atom is -0.479 e. The van der Waals surface area contributed by atoms with Crippen LogP contribution in [0.3, 0.4) is 0 Å². The number of aliphatic carboxylic acids is 1. The van der Waals surface area contributed by atoms with Crippen molar-refractivity contribution in [2.75, 3.05) is 13.2 Å². The molecule has 1 rings (SSSR count). The highest BCUT2D eigenvalue weighted by Crippen LogP contribution is 2.27. The first kappa shape index (κ1) is 68.2. The van der Waals surface area contributed by atoms with Crippen molar-refractivity contribution in [1.29, 1.82) is 0 Å². The Morgan fingerprint density at radius 1 is 0.438 bits per heavy atom. The molecule has 6 unspecified atom stereocenters. The standard InChI is InChI=1S/C61H110O12/c1-4-7-10-13-16-19-22-25-26-27-28-31-32-35-38-41-44-47-53(62)69-50-52(71-54(63)48-45-42-39-36-33-29-23-20-17-14-11-8-5-2)51-70-61-59(57(66)56(65)58(73-61)60(67)68)72-55(64)49-46-43-40-37-34-30-24-21-18-15-12-9-6-3/h21,24-26,52,56-59,61,65-66H,4-20,22-23,27-51H2,1-3H3,(H,67,68)/b24-21-,26-25-. The summed E-state index contributed by atoms with van der Waals surface area (Å²) in [6.45, 7) is 5.99. The second-order valence-electron chi connectivity index (χ2n) is 21.0. The Balaban J connectivity index is 2.67. The third-order valence-corrected chi connectivity index (χ3v) is 14.0. The molecule has 3 N–H and O–H groups in total. The van der Waals surface area contributed by atoms with E-state index in [2.05, 4.69) is 45.1 Å². The first-order valence-electron chi connectivity index (χ1n) is 30.3. The lowest BCUT2D eigenvalue weighted by molar-refractivity contribution is -0.301. The molecule has 0 spiro atoms. The van der Waals surface area contributed by atoms with Crippen LogP contribution in [-0.2, 0) is 42.9 Å². The normalized spacial score (nSPS) is 18.4. The molecule has 0 aromatic heterocycles. The predicted molar refractivity (Wildman–Crippen MR) is 294 cm³/mol. The van der Waals surface area contributed by atoms with E-state index >= 15 is 0 Å². The van der Waals surface area contributed by atoms with E-state index in [4.69, 9.17) is 23.7 Å². The third-order valence-electron chi connectivity index (χ3n) is 14.0. The molecule has 1 saturated heterocycles. The molecule has 12 nitrogen and oxygen atoms in total. The quantitative estimate of drug-likeness (QED) is 0.0228. The number of carboxylic acids is 1. The Morgan fingerprint density at radius 3 is 1.18 bits per heavy atom. The lowest BCUT2D eigenvalue weighted by Crippen LogP contribution is -2.61. The number of aliphatic hydroxyl groups is 2. The van der Waals surface area contributed by atoms with Gasteiger partial charge in [-0.25, -0.2) is 4.79 Å². The van der Waals surface area contributed by atoms with Crippen LogP contribution in [0.5, 0.6) is 0 Å². The van der Waals surface area contributed by atoms with Crippen molar-refractivity contribution in [1.82, 2.24) is 0 Å². The van der Waals surface area contributed by atoms with Crippen LogP contribution in [0.2, 0.25) is 0 Å². The zero-order valence-corrected chi connectivity index (χ0v) is 46.9. The summed E-state index contributed by atoms with van der Waals surface area (Å²) in [7, 11) is 0. The summed E-state index contributed by atoms with van der Waals surface area (Å²) in [5.74, 6) is -3.10. The molecule has 1 heterocycles. The smallest absolute Gasteiger partial charge is 0.335 e. The van der Waals surface area contributed by atoms with Gasteiger partial charge in [0.2, 0.25) is 0 Å². The largest absolute Gasteiger partial charge is 0.479 e. The van der Waals surface area contributed by atoms with E-state index in [1.54, 1.807) is 0 Å². The summed E-state index contributed by atoms with van der Waals surface area (Å²) in [5.41, 5.74) is 0. The Labute approximate surface area is 445 Å². The summed E-state index contributed by atoms with van der Waals surface area (Å²) < 4.78 is 28.4. The number of hydrogen-bond acceptors (Lipinski definition) is 11. The van der Waals surface area contributed by atoms with Crippen LogP contribution < -0.4 is 0 Å². The van der Waals surface area contributed by atoms with E-state index in [9.17, 15) is 34.5 Å². The SMILES string of the molecule is CCCCCC/C=C\CCCCCCCC(=O)OC1C(OCC(COC(=O)CCCCCCCCC/C=C\CCCCCCCC)OC(=O)CCCCCCCCCCCCCCC)OC(C(=O)O)C(O)C1O. The van der Waals surface area contributed by atoms with Crippen LogP contribution in [0, 0.1) is 0 Å². The number of carboxylic acid groups (broad SMARTS) is 1. The van der Waals surface area contributed by atoms with Crippen molar-refractivity contribution in [3.05, 3.63) is 24.3 Å². The van der Waals surface area contributed by atoms with Gasteiger partial charge in [0.05, 0.1) is 6.61 Å².